The average molecular weight is 343 g/mol. The van der Waals surface area contributed by atoms with Crippen molar-refractivity contribution >= 4 is 46.3 Å². The quantitative estimate of drug-likeness (QED) is 0.743. The van der Waals surface area contributed by atoms with Crippen molar-refractivity contribution in [1.82, 2.24) is 9.38 Å². The molecule has 108 valence electrons. The molecule has 3 rings (SSSR count). The van der Waals surface area contributed by atoms with Crippen LogP contribution in [0.5, 0.6) is 5.75 Å². The predicted octanol–water partition coefficient (Wildman–Crippen LogP) is 4.55. The first-order chi connectivity index (χ1) is 10.0. The first-order valence-electron chi connectivity index (χ1n) is 5.98. The molecule has 0 atom stereocenters. The molecule has 0 unspecified atom stereocenters. The molecule has 3 aromatic rings. The second kappa shape index (κ2) is 5.30. The van der Waals surface area contributed by atoms with Crippen LogP contribution >= 0.6 is 34.8 Å². The summed E-state index contributed by atoms with van der Waals surface area (Å²) in [4.78, 5) is 4.48. The summed E-state index contributed by atoms with van der Waals surface area (Å²) >= 11 is 18.4. The van der Waals surface area contributed by atoms with Crippen LogP contribution in [0.2, 0.25) is 15.1 Å². The molecule has 0 aliphatic carbocycles. The first kappa shape index (κ1) is 14.3. The van der Waals surface area contributed by atoms with Gasteiger partial charge in [-0.15, -0.1) is 0 Å². The molecule has 0 aliphatic rings. The second-order valence-corrected chi connectivity index (χ2v) is 5.61. The van der Waals surface area contributed by atoms with Crippen molar-refractivity contribution in [3.63, 3.8) is 0 Å². The zero-order chi connectivity index (χ0) is 15.1. The number of halogens is 3. The van der Waals surface area contributed by atoms with Gasteiger partial charge in [0.2, 0.25) is 0 Å². The maximum absolute atomic E-state index is 6.27. The average Bonchev–Trinajstić information content (AvgIpc) is 2.76. The molecule has 0 radical (unpaired) electrons. The zero-order valence-electron chi connectivity index (χ0n) is 10.9. The summed E-state index contributed by atoms with van der Waals surface area (Å²) in [6.07, 6.45) is 1.65. The maximum atomic E-state index is 6.27. The Morgan fingerprint density at radius 3 is 2.67 bits per heavy atom. The van der Waals surface area contributed by atoms with E-state index in [1.165, 1.54) is 0 Å². The third-order valence-electron chi connectivity index (χ3n) is 3.11. The van der Waals surface area contributed by atoms with Gasteiger partial charge >= 0.3 is 0 Å². The van der Waals surface area contributed by atoms with Crippen molar-refractivity contribution in [2.45, 2.75) is 0 Å². The summed E-state index contributed by atoms with van der Waals surface area (Å²) in [5, 5.41) is 1.37. The summed E-state index contributed by atoms with van der Waals surface area (Å²) in [5.41, 5.74) is 7.80. The highest BCUT2D eigenvalue weighted by molar-refractivity contribution is 6.36. The molecule has 2 aromatic heterocycles. The highest BCUT2D eigenvalue weighted by Gasteiger charge is 2.19. The van der Waals surface area contributed by atoms with Gasteiger partial charge in [0.05, 0.1) is 27.7 Å². The minimum absolute atomic E-state index is 0.390. The number of hydrogen-bond donors (Lipinski definition) is 1. The number of methoxy groups -OCH3 is 1. The Hall–Kier alpha value is -1.62. The van der Waals surface area contributed by atoms with Crippen molar-refractivity contribution in [3.8, 4) is 17.0 Å². The minimum Gasteiger partial charge on any atom is -0.496 e. The van der Waals surface area contributed by atoms with E-state index < -0.39 is 0 Å². The van der Waals surface area contributed by atoms with Crippen LogP contribution in [0.1, 0.15) is 0 Å². The highest BCUT2D eigenvalue weighted by atomic mass is 35.5. The van der Waals surface area contributed by atoms with E-state index in [0.29, 0.717) is 43.5 Å². The van der Waals surface area contributed by atoms with Gasteiger partial charge in [-0.3, -0.25) is 4.40 Å². The van der Waals surface area contributed by atoms with Crippen LogP contribution in [-0.4, -0.2) is 16.5 Å². The molecule has 0 saturated heterocycles. The Bertz CT molecular complexity index is 845. The molecule has 0 aliphatic heterocycles. The summed E-state index contributed by atoms with van der Waals surface area (Å²) in [7, 11) is 1.56. The number of imidazole rings is 1. The Morgan fingerprint density at radius 1 is 1.19 bits per heavy atom. The smallest absolute Gasteiger partial charge is 0.158 e. The van der Waals surface area contributed by atoms with Crippen molar-refractivity contribution in [2.24, 2.45) is 0 Å². The van der Waals surface area contributed by atoms with Gasteiger partial charge in [-0.25, -0.2) is 4.98 Å². The van der Waals surface area contributed by atoms with Crippen molar-refractivity contribution in [1.29, 1.82) is 0 Å². The SMILES string of the molecule is COc1cccc(Cl)c1-c1nc2c(Cl)cc(Cl)cn2c1N. The summed E-state index contributed by atoms with van der Waals surface area (Å²) in [6.45, 7) is 0. The number of ether oxygens (including phenoxy) is 1. The fraction of sp³-hybridized carbons (Fsp3) is 0.0714. The van der Waals surface area contributed by atoms with E-state index in [0.717, 1.165) is 0 Å². The Morgan fingerprint density at radius 2 is 1.95 bits per heavy atom. The maximum Gasteiger partial charge on any atom is 0.158 e. The number of fused-ring (bicyclic) bond motifs is 1. The second-order valence-electron chi connectivity index (χ2n) is 4.36. The largest absolute Gasteiger partial charge is 0.496 e. The molecular formula is C14H10Cl3N3O. The molecule has 4 nitrogen and oxygen atoms in total. The van der Waals surface area contributed by atoms with Crippen LogP contribution in [0.15, 0.2) is 30.5 Å². The molecule has 0 bridgehead atoms. The van der Waals surface area contributed by atoms with Gasteiger partial charge in [0.15, 0.2) is 5.65 Å². The van der Waals surface area contributed by atoms with Crippen LogP contribution in [-0.2, 0) is 0 Å². The minimum atomic E-state index is 0.390. The summed E-state index contributed by atoms with van der Waals surface area (Å²) in [6, 6.07) is 6.94. The Balaban J connectivity index is 2.37. The number of nitrogens with zero attached hydrogens (tertiary/aromatic N) is 2. The molecule has 2 heterocycles. The fourth-order valence-electron chi connectivity index (χ4n) is 2.18. The number of anilines is 1. The van der Waals surface area contributed by atoms with Crippen molar-refractivity contribution < 1.29 is 4.74 Å². The molecule has 0 fully saturated rings. The van der Waals surface area contributed by atoms with E-state index in [-0.39, 0.29) is 0 Å². The Kier molecular flexibility index (Phi) is 3.61. The predicted molar refractivity (Wildman–Crippen MR) is 86.6 cm³/mol. The highest BCUT2D eigenvalue weighted by Crippen LogP contribution is 2.40. The molecule has 7 heteroatoms. The van der Waals surface area contributed by atoms with Crippen LogP contribution in [0.25, 0.3) is 16.9 Å². The van der Waals surface area contributed by atoms with Gasteiger partial charge < -0.3 is 10.5 Å². The van der Waals surface area contributed by atoms with Crippen molar-refractivity contribution in [2.75, 3.05) is 12.8 Å². The number of benzene rings is 1. The zero-order valence-corrected chi connectivity index (χ0v) is 13.2. The van der Waals surface area contributed by atoms with Gasteiger partial charge in [0.1, 0.15) is 17.3 Å². The van der Waals surface area contributed by atoms with E-state index >= 15 is 0 Å². The summed E-state index contributed by atoms with van der Waals surface area (Å²) in [5.74, 6) is 0.973. The van der Waals surface area contributed by atoms with Crippen LogP contribution in [0.3, 0.4) is 0 Å². The standard InChI is InChI=1S/C14H10Cl3N3O/c1-21-10-4-2-3-8(16)11(10)12-13(18)20-6-7(15)5-9(17)14(20)19-12/h2-6H,18H2,1H3. The number of rotatable bonds is 2. The van der Waals surface area contributed by atoms with Gasteiger partial charge in [0, 0.05) is 6.20 Å². The molecule has 0 saturated carbocycles. The third kappa shape index (κ3) is 2.29. The number of nitrogens with two attached hydrogens (primary N) is 1. The van der Waals surface area contributed by atoms with E-state index in [1.807, 2.05) is 0 Å². The monoisotopic (exact) mass is 341 g/mol. The lowest BCUT2D eigenvalue weighted by molar-refractivity contribution is 0.416. The van der Waals surface area contributed by atoms with Gasteiger partial charge in [0.25, 0.3) is 0 Å². The van der Waals surface area contributed by atoms with E-state index in [1.54, 1.807) is 42.0 Å². The van der Waals surface area contributed by atoms with Gasteiger partial charge in [-0.05, 0) is 18.2 Å². The first-order valence-corrected chi connectivity index (χ1v) is 7.11. The lowest BCUT2D eigenvalue weighted by Gasteiger charge is -2.08. The lowest BCUT2D eigenvalue weighted by Crippen LogP contribution is -1.96. The van der Waals surface area contributed by atoms with E-state index in [4.69, 9.17) is 45.3 Å². The molecule has 1 aromatic carbocycles. The van der Waals surface area contributed by atoms with Crippen LogP contribution < -0.4 is 10.5 Å². The normalized spacial score (nSPS) is 11.0. The van der Waals surface area contributed by atoms with Crippen LogP contribution in [0, 0.1) is 0 Å². The molecular weight excluding hydrogens is 333 g/mol. The Labute approximate surface area is 136 Å². The number of hydrogen-bond acceptors (Lipinski definition) is 3. The van der Waals surface area contributed by atoms with Crippen molar-refractivity contribution in [3.05, 3.63) is 45.5 Å². The molecule has 0 spiro atoms. The van der Waals surface area contributed by atoms with E-state index in [2.05, 4.69) is 4.98 Å². The topological polar surface area (TPSA) is 52.5 Å². The summed E-state index contributed by atoms with van der Waals surface area (Å²) < 4.78 is 6.96. The number of nitrogen functional groups attached to an aromatic ring is 1. The van der Waals surface area contributed by atoms with Gasteiger partial charge in [-0.1, -0.05) is 40.9 Å². The third-order valence-corrected chi connectivity index (χ3v) is 3.91. The molecule has 0 amide bonds. The number of pyridine rings is 1. The molecule has 21 heavy (non-hydrogen) atoms. The molecule has 2 N–H and O–H groups in total. The van der Waals surface area contributed by atoms with E-state index in [9.17, 15) is 0 Å². The van der Waals surface area contributed by atoms with Crippen LogP contribution in [0.4, 0.5) is 5.82 Å². The van der Waals surface area contributed by atoms with Gasteiger partial charge in [-0.2, -0.15) is 0 Å². The lowest BCUT2D eigenvalue weighted by atomic mass is 10.1. The fourth-order valence-corrected chi connectivity index (χ4v) is 2.95. The number of aromatic nitrogens is 2.